The molecule has 0 radical (unpaired) electrons. The summed E-state index contributed by atoms with van der Waals surface area (Å²) in [5, 5.41) is 18.9. The van der Waals surface area contributed by atoms with Crippen molar-refractivity contribution in [3.63, 3.8) is 0 Å². The maximum absolute atomic E-state index is 10.5. The lowest BCUT2D eigenvalue weighted by Crippen LogP contribution is -2.26. The SMILES string of the molecule is CC1(C)C(C=CC(=O)O)C1C(=O)[O-]. The van der Waals surface area contributed by atoms with Crippen LogP contribution in [0.4, 0.5) is 0 Å². The molecule has 0 aromatic heterocycles. The van der Waals surface area contributed by atoms with Crippen LogP contribution in [0.3, 0.4) is 0 Å². The van der Waals surface area contributed by atoms with Crippen molar-refractivity contribution >= 4 is 11.9 Å². The van der Waals surface area contributed by atoms with E-state index in [2.05, 4.69) is 0 Å². The Balaban J connectivity index is 2.66. The minimum atomic E-state index is -1.11. The van der Waals surface area contributed by atoms with E-state index in [0.29, 0.717) is 0 Å². The second kappa shape index (κ2) is 2.87. The van der Waals surface area contributed by atoms with Crippen LogP contribution in [0.2, 0.25) is 0 Å². The normalized spacial score (nSPS) is 30.3. The highest BCUT2D eigenvalue weighted by atomic mass is 16.4. The molecule has 0 spiro atoms. The minimum Gasteiger partial charge on any atom is -0.550 e. The monoisotopic (exact) mass is 183 g/mol. The first-order chi connectivity index (χ1) is 5.87. The van der Waals surface area contributed by atoms with E-state index in [1.54, 1.807) is 13.8 Å². The lowest BCUT2D eigenvalue weighted by atomic mass is 10.1. The first-order valence-corrected chi connectivity index (χ1v) is 3.99. The smallest absolute Gasteiger partial charge is 0.327 e. The molecule has 1 rings (SSSR count). The number of aliphatic carboxylic acids is 2. The van der Waals surface area contributed by atoms with Crippen LogP contribution >= 0.6 is 0 Å². The molecule has 0 aromatic carbocycles. The fraction of sp³-hybridized carbons (Fsp3) is 0.556. The van der Waals surface area contributed by atoms with Gasteiger partial charge in [0.2, 0.25) is 0 Å². The van der Waals surface area contributed by atoms with Crippen molar-refractivity contribution in [2.24, 2.45) is 17.3 Å². The third-order valence-electron chi connectivity index (χ3n) is 2.61. The first kappa shape index (κ1) is 9.77. The fourth-order valence-corrected chi connectivity index (χ4v) is 1.67. The van der Waals surface area contributed by atoms with Gasteiger partial charge in [-0.05, 0) is 11.3 Å². The molecule has 0 amide bonds. The molecule has 4 nitrogen and oxygen atoms in total. The average molecular weight is 183 g/mol. The third kappa shape index (κ3) is 1.71. The second-order valence-corrected chi connectivity index (χ2v) is 3.84. The van der Waals surface area contributed by atoms with Crippen molar-refractivity contribution in [2.75, 3.05) is 0 Å². The van der Waals surface area contributed by atoms with Gasteiger partial charge in [0.15, 0.2) is 0 Å². The highest BCUT2D eigenvalue weighted by Gasteiger charge is 2.56. The van der Waals surface area contributed by atoms with E-state index < -0.39 is 17.9 Å². The summed E-state index contributed by atoms with van der Waals surface area (Å²) in [6.07, 6.45) is 2.40. The number of carboxylic acid groups (broad SMARTS) is 2. The third-order valence-corrected chi connectivity index (χ3v) is 2.61. The summed E-state index contributed by atoms with van der Waals surface area (Å²) in [6, 6.07) is 0. The van der Waals surface area contributed by atoms with Crippen molar-refractivity contribution in [2.45, 2.75) is 13.8 Å². The molecule has 0 saturated heterocycles. The lowest BCUT2D eigenvalue weighted by Gasteiger charge is -2.01. The molecule has 2 unspecified atom stereocenters. The Kier molecular flexibility index (Phi) is 2.15. The Labute approximate surface area is 75.9 Å². The van der Waals surface area contributed by atoms with Gasteiger partial charge in [-0.1, -0.05) is 19.9 Å². The molecule has 2 atom stereocenters. The van der Waals surface area contributed by atoms with Gasteiger partial charge in [0.1, 0.15) is 0 Å². The molecule has 1 N–H and O–H groups in total. The number of hydrogen-bond acceptors (Lipinski definition) is 3. The van der Waals surface area contributed by atoms with E-state index in [9.17, 15) is 14.7 Å². The number of carbonyl (C=O) groups excluding carboxylic acids is 1. The second-order valence-electron chi connectivity index (χ2n) is 3.84. The zero-order chi connectivity index (χ0) is 10.2. The molecule has 1 aliphatic rings. The van der Waals surface area contributed by atoms with Crippen LogP contribution in [-0.2, 0) is 9.59 Å². The van der Waals surface area contributed by atoms with Crippen LogP contribution in [0, 0.1) is 17.3 Å². The predicted molar refractivity (Wildman–Crippen MR) is 42.5 cm³/mol. The summed E-state index contributed by atoms with van der Waals surface area (Å²) >= 11 is 0. The van der Waals surface area contributed by atoms with Gasteiger partial charge >= 0.3 is 5.97 Å². The van der Waals surface area contributed by atoms with Crippen molar-refractivity contribution in [1.82, 2.24) is 0 Å². The molecular formula is C9H11O4-. The zero-order valence-corrected chi connectivity index (χ0v) is 7.48. The Morgan fingerprint density at radius 1 is 1.46 bits per heavy atom. The molecule has 72 valence electrons. The van der Waals surface area contributed by atoms with Crippen LogP contribution < -0.4 is 5.11 Å². The molecular weight excluding hydrogens is 172 g/mol. The molecule has 4 heteroatoms. The Bertz CT molecular complexity index is 277. The number of hydrogen-bond donors (Lipinski definition) is 1. The number of rotatable bonds is 3. The summed E-state index contributed by atoms with van der Waals surface area (Å²) in [5.41, 5.74) is -0.370. The Morgan fingerprint density at radius 3 is 2.31 bits per heavy atom. The van der Waals surface area contributed by atoms with E-state index in [1.165, 1.54) is 6.08 Å². The summed E-state index contributed by atoms with van der Waals surface area (Å²) in [6.45, 7) is 3.56. The quantitative estimate of drug-likeness (QED) is 0.606. The summed E-state index contributed by atoms with van der Waals surface area (Å²) in [7, 11) is 0. The van der Waals surface area contributed by atoms with Crippen molar-refractivity contribution < 1.29 is 19.8 Å². The highest BCUT2D eigenvalue weighted by molar-refractivity contribution is 5.81. The molecule has 0 aromatic rings. The maximum atomic E-state index is 10.5. The topological polar surface area (TPSA) is 77.4 Å². The Hall–Kier alpha value is -1.32. The van der Waals surface area contributed by atoms with E-state index in [4.69, 9.17) is 5.11 Å². The van der Waals surface area contributed by atoms with Crippen LogP contribution in [0.25, 0.3) is 0 Å². The van der Waals surface area contributed by atoms with Gasteiger partial charge in [-0.25, -0.2) is 4.79 Å². The lowest BCUT2D eigenvalue weighted by molar-refractivity contribution is -0.309. The largest absolute Gasteiger partial charge is 0.550 e. The van der Waals surface area contributed by atoms with E-state index >= 15 is 0 Å². The predicted octanol–water partition coefficient (Wildman–Crippen LogP) is -0.351. The molecule has 0 bridgehead atoms. The van der Waals surface area contributed by atoms with Gasteiger partial charge in [-0.2, -0.15) is 0 Å². The van der Waals surface area contributed by atoms with Crippen LogP contribution in [0.5, 0.6) is 0 Å². The number of allylic oxidation sites excluding steroid dienone is 1. The molecule has 0 heterocycles. The van der Waals surface area contributed by atoms with Gasteiger partial charge in [-0.3, -0.25) is 0 Å². The Morgan fingerprint density at radius 2 is 2.00 bits per heavy atom. The highest BCUT2D eigenvalue weighted by Crippen LogP contribution is 2.58. The molecule has 1 fully saturated rings. The molecule has 0 aliphatic heterocycles. The van der Waals surface area contributed by atoms with Crippen molar-refractivity contribution in [3.8, 4) is 0 Å². The van der Waals surface area contributed by atoms with Crippen LogP contribution in [0.15, 0.2) is 12.2 Å². The van der Waals surface area contributed by atoms with Crippen LogP contribution in [0.1, 0.15) is 13.8 Å². The molecule has 1 saturated carbocycles. The minimum absolute atomic E-state index is 0.214. The van der Waals surface area contributed by atoms with Gasteiger partial charge in [0.25, 0.3) is 0 Å². The summed E-state index contributed by atoms with van der Waals surface area (Å²) in [4.78, 5) is 20.7. The number of carboxylic acids is 2. The first-order valence-electron chi connectivity index (χ1n) is 3.99. The fourth-order valence-electron chi connectivity index (χ4n) is 1.67. The molecule has 1 aliphatic carbocycles. The van der Waals surface area contributed by atoms with Crippen molar-refractivity contribution in [3.05, 3.63) is 12.2 Å². The van der Waals surface area contributed by atoms with E-state index in [-0.39, 0.29) is 11.3 Å². The van der Waals surface area contributed by atoms with Gasteiger partial charge in [0.05, 0.1) is 0 Å². The van der Waals surface area contributed by atoms with Gasteiger partial charge in [-0.15, -0.1) is 0 Å². The maximum Gasteiger partial charge on any atom is 0.327 e. The zero-order valence-electron chi connectivity index (χ0n) is 7.48. The summed E-state index contributed by atoms with van der Waals surface area (Å²) in [5.74, 6) is -2.93. The van der Waals surface area contributed by atoms with Gasteiger partial charge in [0, 0.05) is 18.0 Å². The van der Waals surface area contributed by atoms with Crippen molar-refractivity contribution in [1.29, 1.82) is 0 Å². The van der Waals surface area contributed by atoms with E-state index in [1.807, 2.05) is 0 Å². The van der Waals surface area contributed by atoms with Crippen LogP contribution in [-0.4, -0.2) is 17.0 Å². The standard InChI is InChI=1S/C9H12O4/c1-9(2)5(3-4-6(10)11)7(9)8(12)13/h3-5,7H,1-2H3,(H,10,11)(H,12,13)/p-1. The van der Waals surface area contributed by atoms with Gasteiger partial charge < -0.3 is 15.0 Å². The summed E-state index contributed by atoms with van der Waals surface area (Å²) < 4.78 is 0. The van der Waals surface area contributed by atoms with E-state index in [0.717, 1.165) is 6.08 Å². The number of carbonyl (C=O) groups is 2. The average Bonchev–Trinajstić information content (AvgIpc) is 2.48. The molecule has 13 heavy (non-hydrogen) atoms.